The summed E-state index contributed by atoms with van der Waals surface area (Å²) in [4.78, 5) is 37.7. The molecule has 0 aromatic heterocycles. The van der Waals surface area contributed by atoms with Crippen molar-refractivity contribution in [1.29, 1.82) is 0 Å². The summed E-state index contributed by atoms with van der Waals surface area (Å²) in [6, 6.07) is 0. The Labute approximate surface area is 397 Å². The summed E-state index contributed by atoms with van der Waals surface area (Å²) in [5.74, 6) is -0.889. The third kappa shape index (κ3) is 50.6. The Morgan fingerprint density at radius 2 is 0.594 bits per heavy atom. The van der Waals surface area contributed by atoms with E-state index in [1.165, 1.54) is 167 Å². The van der Waals surface area contributed by atoms with Gasteiger partial charge in [-0.15, -0.1) is 0 Å². The highest BCUT2D eigenvalue weighted by Crippen LogP contribution is 2.16. The zero-order chi connectivity index (χ0) is 46.5. The standard InChI is InChI=1S/C58H106O6/c1-4-7-10-13-16-18-20-22-23-24-25-26-27-28-29-30-31-32-33-34-35-37-38-40-42-45-48-51-57(60)63-54-55(53-62-56(59)50-47-44-15-12-9-6-3)64-58(61)52-49-46-43-41-39-36-21-19-17-14-11-8-5-2/h11,14,19,21,24-25,55H,4-10,12-13,15-18,20,22-23,26-54H2,1-3H3/b14-11-,21-19-,25-24-. The van der Waals surface area contributed by atoms with E-state index in [1.807, 2.05) is 0 Å². The Balaban J connectivity index is 4.02. The molecule has 0 saturated heterocycles. The lowest BCUT2D eigenvalue weighted by Gasteiger charge is -2.18. The minimum atomic E-state index is -0.773. The van der Waals surface area contributed by atoms with E-state index in [1.54, 1.807) is 0 Å². The highest BCUT2D eigenvalue weighted by molar-refractivity contribution is 5.71. The van der Waals surface area contributed by atoms with Gasteiger partial charge in [-0.1, -0.05) is 243 Å². The van der Waals surface area contributed by atoms with Gasteiger partial charge in [0.05, 0.1) is 0 Å². The second-order valence-corrected chi connectivity index (χ2v) is 18.8. The number of allylic oxidation sites excluding steroid dienone is 6. The van der Waals surface area contributed by atoms with E-state index in [2.05, 4.69) is 57.2 Å². The molecule has 0 fully saturated rings. The molecule has 64 heavy (non-hydrogen) atoms. The zero-order valence-corrected chi connectivity index (χ0v) is 42.8. The fourth-order valence-corrected chi connectivity index (χ4v) is 8.12. The number of ether oxygens (including phenoxy) is 3. The molecule has 0 saturated carbocycles. The number of carbonyl (C=O) groups excluding carboxylic acids is 3. The molecular formula is C58H106O6. The molecule has 6 heteroatoms. The van der Waals surface area contributed by atoms with Gasteiger partial charge in [-0.25, -0.2) is 0 Å². The highest BCUT2D eigenvalue weighted by Gasteiger charge is 2.19. The molecule has 0 amide bonds. The van der Waals surface area contributed by atoms with Crippen LogP contribution in [0.3, 0.4) is 0 Å². The molecule has 0 aromatic carbocycles. The molecule has 374 valence electrons. The number of esters is 3. The predicted molar refractivity (Wildman–Crippen MR) is 275 cm³/mol. The van der Waals surface area contributed by atoms with Gasteiger partial charge in [0.15, 0.2) is 6.10 Å². The normalized spacial score (nSPS) is 12.2. The van der Waals surface area contributed by atoms with Crippen LogP contribution >= 0.6 is 0 Å². The first kappa shape index (κ1) is 61.6. The van der Waals surface area contributed by atoms with Crippen molar-refractivity contribution in [2.75, 3.05) is 13.2 Å². The zero-order valence-electron chi connectivity index (χ0n) is 42.8. The largest absolute Gasteiger partial charge is 0.462 e. The second-order valence-electron chi connectivity index (χ2n) is 18.8. The van der Waals surface area contributed by atoms with Crippen molar-refractivity contribution in [1.82, 2.24) is 0 Å². The van der Waals surface area contributed by atoms with E-state index in [0.29, 0.717) is 19.3 Å². The van der Waals surface area contributed by atoms with Crippen LogP contribution in [0.2, 0.25) is 0 Å². The fourth-order valence-electron chi connectivity index (χ4n) is 8.12. The van der Waals surface area contributed by atoms with Crippen LogP contribution in [0.1, 0.15) is 297 Å². The summed E-state index contributed by atoms with van der Waals surface area (Å²) in [7, 11) is 0. The minimum Gasteiger partial charge on any atom is -0.462 e. The first-order valence-electron chi connectivity index (χ1n) is 28.0. The molecule has 0 bridgehead atoms. The van der Waals surface area contributed by atoms with E-state index < -0.39 is 6.10 Å². The summed E-state index contributed by atoms with van der Waals surface area (Å²) in [6.07, 6.45) is 63.2. The van der Waals surface area contributed by atoms with Crippen molar-refractivity contribution in [2.45, 2.75) is 303 Å². The van der Waals surface area contributed by atoms with Crippen LogP contribution in [0.25, 0.3) is 0 Å². The number of hydrogen-bond donors (Lipinski definition) is 0. The van der Waals surface area contributed by atoms with E-state index in [9.17, 15) is 14.4 Å². The molecule has 1 unspecified atom stereocenters. The van der Waals surface area contributed by atoms with E-state index >= 15 is 0 Å². The predicted octanol–water partition coefficient (Wildman–Crippen LogP) is 18.5. The van der Waals surface area contributed by atoms with Crippen molar-refractivity contribution >= 4 is 17.9 Å². The molecule has 0 aliphatic heterocycles. The maximum absolute atomic E-state index is 12.7. The number of hydrogen-bond acceptors (Lipinski definition) is 6. The summed E-state index contributed by atoms with van der Waals surface area (Å²) in [6.45, 7) is 6.53. The van der Waals surface area contributed by atoms with Gasteiger partial charge < -0.3 is 14.2 Å². The van der Waals surface area contributed by atoms with Crippen LogP contribution in [0.5, 0.6) is 0 Å². The average molecular weight is 899 g/mol. The van der Waals surface area contributed by atoms with Crippen LogP contribution in [-0.4, -0.2) is 37.2 Å². The van der Waals surface area contributed by atoms with Gasteiger partial charge in [0.2, 0.25) is 0 Å². The molecule has 1 atom stereocenters. The Hall–Kier alpha value is -2.37. The molecule has 0 spiro atoms. The molecule has 6 nitrogen and oxygen atoms in total. The summed E-state index contributed by atoms with van der Waals surface area (Å²) >= 11 is 0. The van der Waals surface area contributed by atoms with Gasteiger partial charge >= 0.3 is 17.9 Å². The number of unbranched alkanes of at least 4 members (excludes halogenated alkanes) is 34. The molecular weight excluding hydrogens is 793 g/mol. The van der Waals surface area contributed by atoms with Crippen LogP contribution in [0.4, 0.5) is 0 Å². The average Bonchev–Trinajstić information content (AvgIpc) is 3.29. The van der Waals surface area contributed by atoms with E-state index in [-0.39, 0.29) is 31.1 Å². The van der Waals surface area contributed by atoms with Crippen LogP contribution in [0.15, 0.2) is 36.5 Å². The van der Waals surface area contributed by atoms with Crippen molar-refractivity contribution in [2.24, 2.45) is 0 Å². The third-order valence-corrected chi connectivity index (χ3v) is 12.3. The maximum atomic E-state index is 12.7. The molecule has 0 radical (unpaired) electrons. The quantitative estimate of drug-likeness (QED) is 0.0262. The van der Waals surface area contributed by atoms with E-state index in [4.69, 9.17) is 14.2 Å². The fraction of sp³-hybridized carbons (Fsp3) is 0.845. The third-order valence-electron chi connectivity index (χ3n) is 12.3. The lowest BCUT2D eigenvalue weighted by molar-refractivity contribution is -0.167. The minimum absolute atomic E-state index is 0.0753. The van der Waals surface area contributed by atoms with Crippen molar-refractivity contribution in [3.05, 3.63) is 36.5 Å². The highest BCUT2D eigenvalue weighted by atomic mass is 16.6. The first-order valence-corrected chi connectivity index (χ1v) is 28.0. The maximum Gasteiger partial charge on any atom is 0.306 e. The summed E-state index contributed by atoms with van der Waals surface area (Å²) < 4.78 is 16.7. The van der Waals surface area contributed by atoms with Crippen LogP contribution < -0.4 is 0 Å². The number of rotatable bonds is 51. The number of carbonyl (C=O) groups is 3. The Morgan fingerprint density at radius 1 is 0.312 bits per heavy atom. The van der Waals surface area contributed by atoms with Crippen LogP contribution in [0, 0.1) is 0 Å². The van der Waals surface area contributed by atoms with Gasteiger partial charge in [0.1, 0.15) is 13.2 Å². The summed E-state index contributed by atoms with van der Waals surface area (Å²) in [5, 5.41) is 0. The van der Waals surface area contributed by atoms with Gasteiger partial charge in [0.25, 0.3) is 0 Å². The molecule has 0 aliphatic rings. The second kappa shape index (κ2) is 53.2. The topological polar surface area (TPSA) is 78.9 Å². The van der Waals surface area contributed by atoms with Crippen molar-refractivity contribution < 1.29 is 28.6 Å². The molecule has 0 aliphatic carbocycles. The van der Waals surface area contributed by atoms with Gasteiger partial charge in [-0.05, 0) is 70.6 Å². The Morgan fingerprint density at radius 3 is 0.938 bits per heavy atom. The molecule has 0 N–H and O–H groups in total. The Kier molecular flexibility index (Phi) is 51.3. The van der Waals surface area contributed by atoms with Gasteiger partial charge in [-0.2, -0.15) is 0 Å². The van der Waals surface area contributed by atoms with Crippen molar-refractivity contribution in [3.8, 4) is 0 Å². The van der Waals surface area contributed by atoms with Crippen LogP contribution in [-0.2, 0) is 28.6 Å². The molecule has 0 aromatic rings. The molecule has 0 rings (SSSR count). The Bertz CT molecular complexity index is 1080. The van der Waals surface area contributed by atoms with E-state index in [0.717, 1.165) is 89.9 Å². The monoisotopic (exact) mass is 899 g/mol. The van der Waals surface area contributed by atoms with Gasteiger partial charge in [-0.3, -0.25) is 14.4 Å². The lowest BCUT2D eigenvalue weighted by Crippen LogP contribution is -2.30. The lowest BCUT2D eigenvalue weighted by atomic mass is 10.0. The smallest absolute Gasteiger partial charge is 0.306 e. The summed E-state index contributed by atoms with van der Waals surface area (Å²) in [5.41, 5.74) is 0. The van der Waals surface area contributed by atoms with Gasteiger partial charge in [0, 0.05) is 19.3 Å². The first-order chi connectivity index (χ1) is 31.5. The SMILES string of the molecule is CCC/C=C\C/C=C\CCCCCCCC(=O)OC(COC(=O)CCCCCCCC)COC(=O)CCCCCCCCCCCCCCCCC/C=C\CCCCCCCCCC. The molecule has 0 heterocycles. The van der Waals surface area contributed by atoms with Crippen molar-refractivity contribution in [3.63, 3.8) is 0 Å².